The predicted octanol–water partition coefficient (Wildman–Crippen LogP) is 5.51. The van der Waals surface area contributed by atoms with Crippen molar-refractivity contribution in [3.63, 3.8) is 0 Å². The van der Waals surface area contributed by atoms with Gasteiger partial charge in [0.15, 0.2) is 5.65 Å². The van der Waals surface area contributed by atoms with E-state index in [9.17, 15) is 22.8 Å². The molecule has 0 unspecified atom stereocenters. The van der Waals surface area contributed by atoms with Crippen molar-refractivity contribution in [1.82, 2.24) is 35.0 Å². The SMILES string of the molecule is CC(C)n1nccc1C(=O)N[C@H](c1cn2ncc([C@H](NC(=O)CC3CC(F)C3)C3CC3)cc2n1)C1CCC(F)(F)CC1. The van der Waals surface area contributed by atoms with Crippen LogP contribution < -0.4 is 10.6 Å². The number of amides is 2. The van der Waals surface area contributed by atoms with Crippen LogP contribution in [-0.2, 0) is 4.79 Å². The summed E-state index contributed by atoms with van der Waals surface area (Å²) < 4.78 is 44.6. The molecule has 0 bridgehead atoms. The van der Waals surface area contributed by atoms with Crippen molar-refractivity contribution in [2.45, 2.75) is 102 Å². The third-order valence-electron chi connectivity index (χ3n) is 9.01. The third-order valence-corrected chi connectivity index (χ3v) is 9.01. The van der Waals surface area contributed by atoms with E-state index in [-0.39, 0.29) is 61.4 Å². The molecule has 3 aromatic rings. The van der Waals surface area contributed by atoms with Crippen LogP contribution >= 0.6 is 0 Å². The summed E-state index contributed by atoms with van der Waals surface area (Å²) in [7, 11) is 0. The number of nitrogens with zero attached hydrogens (tertiary/aromatic N) is 5. The Morgan fingerprint density at radius 2 is 1.76 bits per heavy atom. The quantitative estimate of drug-likeness (QED) is 0.327. The fraction of sp³-hybridized carbons (Fsp3) is 0.633. The number of fused-ring (bicyclic) bond motifs is 1. The lowest BCUT2D eigenvalue weighted by Gasteiger charge is -2.33. The van der Waals surface area contributed by atoms with E-state index in [2.05, 4.69) is 20.8 Å². The predicted molar refractivity (Wildman–Crippen MR) is 149 cm³/mol. The van der Waals surface area contributed by atoms with Gasteiger partial charge in [0.05, 0.1) is 30.2 Å². The minimum Gasteiger partial charge on any atom is -0.349 e. The molecule has 2 amide bonds. The molecule has 12 heteroatoms. The summed E-state index contributed by atoms with van der Waals surface area (Å²) >= 11 is 0. The van der Waals surface area contributed by atoms with Crippen LogP contribution in [0.4, 0.5) is 13.2 Å². The molecule has 0 aromatic carbocycles. The van der Waals surface area contributed by atoms with Gasteiger partial charge in [-0.3, -0.25) is 14.3 Å². The van der Waals surface area contributed by atoms with Gasteiger partial charge in [0.1, 0.15) is 11.9 Å². The first-order valence-corrected chi connectivity index (χ1v) is 15.1. The van der Waals surface area contributed by atoms with E-state index in [4.69, 9.17) is 4.98 Å². The average molecular weight is 586 g/mol. The molecule has 3 saturated carbocycles. The maximum atomic E-state index is 14.1. The maximum absolute atomic E-state index is 14.1. The Bertz CT molecular complexity index is 1430. The highest BCUT2D eigenvalue weighted by Crippen LogP contribution is 2.43. The molecule has 3 heterocycles. The highest BCUT2D eigenvalue weighted by atomic mass is 19.3. The molecule has 3 aromatic heterocycles. The van der Waals surface area contributed by atoms with E-state index in [1.54, 1.807) is 33.9 Å². The monoisotopic (exact) mass is 585 g/mol. The standard InChI is InChI=1S/C30H38F3N7O2/c1-17(2)40-24(7-10-34-40)29(42)38-28(20-5-8-30(32,33)9-6-20)23-16-39-25(36-23)14-21(15-35-39)27(19-3-4-19)37-26(41)13-18-11-22(31)12-18/h7,10,14-20,22,27-28H,3-6,8-9,11-13H2,1-2H3,(H,37,41)(H,38,42)/t18?,22?,27-,28+/m1/s1. The van der Waals surface area contributed by atoms with Crippen LogP contribution in [0.5, 0.6) is 0 Å². The molecule has 0 spiro atoms. The number of aromatic nitrogens is 5. The Morgan fingerprint density at radius 3 is 2.43 bits per heavy atom. The summed E-state index contributed by atoms with van der Waals surface area (Å²) in [6.45, 7) is 3.86. The molecule has 0 saturated heterocycles. The topological polar surface area (TPSA) is 106 Å². The van der Waals surface area contributed by atoms with E-state index >= 15 is 0 Å². The number of carbonyl (C=O) groups is 2. The van der Waals surface area contributed by atoms with E-state index < -0.39 is 18.1 Å². The lowest BCUT2D eigenvalue weighted by Crippen LogP contribution is -2.38. The number of alkyl halides is 3. The second-order valence-corrected chi connectivity index (χ2v) is 12.7. The number of hydrogen-bond acceptors (Lipinski definition) is 5. The molecule has 2 atom stereocenters. The van der Waals surface area contributed by atoms with Gasteiger partial charge in [0.2, 0.25) is 11.8 Å². The molecular weight excluding hydrogens is 547 g/mol. The summed E-state index contributed by atoms with van der Waals surface area (Å²) in [5.41, 5.74) is 2.34. The van der Waals surface area contributed by atoms with E-state index in [1.165, 1.54) is 0 Å². The van der Waals surface area contributed by atoms with Crippen LogP contribution in [0, 0.1) is 17.8 Å². The average Bonchev–Trinajstić information content (AvgIpc) is 3.47. The van der Waals surface area contributed by atoms with Gasteiger partial charge in [-0.2, -0.15) is 10.2 Å². The van der Waals surface area contributed by atoms with Crippen LogP contribution in [0.3, 0.4) is 0 Å². The van der Waals surface area contributed by atoms with Gasteiger partial charge < -0.3 is 10.6 Å². The zero-order valence-electron chi connectivity index (χ0n) is 24.0. The minimum atomic E-state index is -2.70. The Morgan fingerprint density at radius 1 is 1.05 bits per heavy atom. The zero-order chi connectivity index (χ0) is 29.6. The molecule has 226 valence electrons. The van der Waals surface area contributed by atoms with E-state index in [0.717, 1.165) is 18.4 Å². The fourth-order valence-electron chi connectivity index (χ4n) is 6.40. The number of hydrogen-bond donors (Lipinski definition) is 2. The molecular formula is C30H38F3N7O2. The number of carbonyl (C=O) groups excluding carboxylic acids is 2. The first kappa shape index (κ1) is 28.7. The number of nitrogens with one attached hydrogen (secondary N) is 2. The van der Waals surface area contributed by atoms with Gasteiger partial charge in [-0.15, -0.1) is 0 Å². The van der Waals surface area contributed by atoms with Gasteiger partial charge in [-0.05, 0) is 87.8 Å². The molecule has 3 fully saturated rings. The smallest absolute Gasteiger partial charge is 0.270 e. The van der Waals surface area contributed by atoms with Crippen LogP contribution in [-0.4, -0.2) is 48.3 Å². The van der Waals surface area contributed by atoms with Gasteiger partial charge in [-0.1, -0.05) is 0 Å². The van der Waals surface area contributed by atoms with E-state index in [0.29, 0.717) is 42.2 Å². The Kier molecular flexibility index (Phi) is 7.74. The summed E-state index contributed by atoms with van der Waals surface area (Å²) in [4.78, 5) is 31.0. The van der Waals surface area contributed by atoms with Crippen molar-refractivity contribution in [3.05, 3.63) is 47.7 Å². The zero-order valence-corrected chi connectivity index (χ0v) is 24.0. The van der Waals surface area contributed by atoms with Crippen LogP contribution in [0.25, 0.3) is 5.65 Å². The van der Waals surface area contributed by atoms with Crippen molar-refractivity contribution >= 4 is 17.5 Å². The summed E-state index contributed by atoms with van der Waals surface area (Å²) in [6, 6.07) is 2.72. The maximum Gasteiger partial charge on any atom is 0.270 e. The van der Waals surface area contributed by atoms with Crippen LogP contribution in [0.15, 0.2) is 30.7 Å². The second-order valence-electron chi connectivity index (χ2n) is 12.7. The van der Waals surface area contributed by atoms with Gasteiger partial charge in [0.25, 0.3) is 5.91 Å². The molecule has 3 aliphatic rings. The number of imidazole rings is 1. The van der Waals surface area contributed by atoms with Crippen LogP contribution in [0.2, 0.25) is 0 Å². The fourth-order valence-corrected chi connectivity index (χ4v) is 6.40. The summed E-state index contributed by atoms with van der Waals surface area (Å²) in [5, 5.41) is 15.0. The van der Waals surface area contributed by atoms with Crippen molar-refractivity contribution in [2.75, 3.05) is 0 Å². The Hall–Kier alpha value is -3.44. The molecule has 6 rings (SSSR count). The van der Waals surface area contributed by atoms with Gasteiger partial charge >= 0.3 is 0 Å². The molecule has 2 N–H and O–H groups in total. The number of rotatable bonds is 10. The first-order chi connectivity index (χ1) is 20.1. The number of halogens is 3. The molecule has 0 aliphatic heterocycles. The molecule has 3 aliphatic carbocycles. The van der Waals surface area contributed by atoms with Gasteiger partial charge in [-0.25, -0.2) is 22.7 Å². The van der Waals surface area contributed by atoms with Crippen molar-refractivity contribution < 1.29 is 22.8 Å². The molecule has 9 nitrogen and oxygen atoms in total. The second kappa shape index (κ2) is 11.3. The molecule has 0 radical (unpaired) electrons. The lowest BCUT2D eigenvalue weighted by molar-refractivity contribution is -0.124. The highest BCUT2D eigenvalue weighted by molar-refractivity contribution is 5.92. The van der Waals surface area contributed by atoms with E-state index in [1.807, 2.05) is 19.9 Å². The Labute approximate surface area is 242 Å². The van der Waals surface area contributed by atoms with Crippen LogP contribution in [0.1, 0.15) is 112 Å². The summed E-state index contributed by atoms with van der Waals surface area (Å²) in [6.07, 6.45) is 7.50. The third kappa shape index (κ3) is 6.17. The van der Waals surface area contributed by atoms with Crippen molar-refractivity contribution in [1.29, 1.82) is 0 Å². The largest absolute Gasteiger partial charge is 0.349 e. The Balaban J connectivity index is 1.25. The first-order valence-electron chi connectivity index (χ1n) is 15.1. The summed E-state index contributed by atoms with van der Waals surface area (Å²) in [5.74, 6) is -2.93. The van der Waals surface area contributed by atoms with Gasteiger partial charge in [0, 0.05) is 31.5 Å². The minimum absolute atomic E-state index is 0.0281. The normalized spacial score (nSPS) is 23.9. The molecule has 42 heavy (non-hydrogen) atoms. The lowest BCUT2D eigenvalue weighted by atomic mass is 9.81. The highest BCUT2D eigenvalue weighted by Gasteiger charge is 2.40. The van der Waals surface area contributed by atoms with Crippen molar-refractivity contribution in [2.24, 2.45) is 17.8 Å². The van der Waals surface area contributed by atoms with Crippen molar-refractivity contribution in [3.8, 4) is 0 Å².